The summed E-state index contributed by atoms with van der Waals surface area (Å²) in [6.45, 7) is 1.03. The highest BCUT2D eigenvalue weighted by Gasteiger charge is 2.04. The van der Waals surface area contributed by atoms with Crippen molar-refractivity contribution in [2.24, 2.45) is 0 Å². The van der Waals surface area contributed by atoms with Gasteiger partial charge in [0, 0.05) is 30.2 Å². The maximum Gasteiger partial charge on any atom is 0.225 e. The fourth-order valence-corrected chi connectivity index (χ4v) is 2.50. The monoisotopic (exact) mass is 301 g/mol. The molecule has 0 heterocycles. The van der Waals surface area contributed by atoms with Gasteiger partial charge in [-0.2, -0.15) is 11.8 Å². The van der Waals surface area contributed by atoms with Crippen LogP contribution in [-0.2, 0) is 4.79 Å². The van der Waals surface area contributed by atoms with E-state index in [-0.39, 0.29) is 5.91 Å². The molecule has 3 N–H and O–H groups in total. The summed E-state index contributed by atoms with van der Waals surface area (Å²) in [5.41, 5.74) is 6.83. The number of hydrogen-bond donors (Lipinski definition) is 2. The number of carbonyl (C=O) groups is 1. The Morgan fingerprint density at radius 2 is 2.16 bits per heavy atom. The lowest BCUT2D eigenvalue weighted by Gasteiger charge is -2.09. The Labute approximate surface area is 123 Å². The molecule has 0 aliphatic rings. The maximum atomic E-state index is 11.7. The summed E-state index contributed by atoms with van der Waals surface area (Å²) in [5, 5.41) is 3.31. The number of halogens is 1. The van der Waals surface area contributed by atoms with E-state index in [0.29, 0.717) is 22.8 Å². The molecule has 1 aromatic rings. The third-order valence-corrected chi connectivity index (χ3v) is 3.74. The van der Waals surface area contributed by atoms with Crippen LogP contribution in [0.2, 0.25) is 5.02 Å². The summed E-state index contributed by atoms with van der Waals surface area (Å²) >= 11 is 7.59. The molecule has 106 valence electrons. The van der Waals surface area contributed by atoms with Gasteiger partial charge < -0.3 is 16.0 Å². The molecule has 0 aliphatic heterocycles. The average Bonchev–Trinajstić information content (AvgIpc) is 2.33. The zero-order chi connectivity index (χ0) is 14.3. The highest BCUT2D eigenvalue weighted by Crippen LogP contribution is 2.22. The second kappa shape index (κ2) is 8.30. The topological polar surface area (TPSA) is 58.4 Å². The van der Waals surface area contributed by atoms with E-state index in [9.17, 15) is 4.79 Å². The van der Waals surface area contributed by atoms with E-state index in [1.165, 1.54) is 0 Å². The van der Waals surface area contributed by atoms with Gasteiger partial charge in [-0.05, 0) is 32.3 Å². The van der Waals surface area contributed by atoms with Gasteiger partial charge in [0.25, 0.3) is 0 Å². The lowest BCUT2D eigenvalue weighted by Crippen LogP contribution is -2.16. The van der Waals surface area contributed by atoms with E-state index in [2.05, 4.69) is 10.2 Å². The molecule has 0 aromatic heterocycles. The standard InChI is InChI=1S/C13H20ClN3OS/c1-17(2)6-8-19-7-5-13(18)16-10-3-4-11(14)12(15)9-10/h3-4,9H,5-8,15H2,1-2H3,(H,16,18). The fraction of sp³-hybridized carbons (Fsp3) is 0.462. The number of nitrogen functional groups attached to an aromatic ring is 1. The number of nitrogens with zero attached hydrogens (tertiary/aromatic N) is 1. The Bertz CT molecular complexity index is 426. The van der Waals surface area contributed by atoms with Gasteiger partial charge in [-0.1, -0.05) is 11.6 Å². The van der Waals surface area contributed by atoms with Gasteiger partial charge in [-0.25, -0.2) is 0 Å². The minimum absolute atomic E-state index is 0.000856. The smallest absolute Gasteiger partial charge is 0.225 e. The molecule has 19 heavy (non-hydrogen) atoms. The van der Waals surface area contributed by atoms with Crippen molar-refractivity contribution >= 4 is 40.6 Å². The van der Waals surface area contributed by atoms with E-state index in [4.69, 9.17) is 17.3 Å². The minimum atomic E-state index is -0.000856. The Kier molecular flexibility index (Phi) is 7.05. The predicted octanol–water partition coefficient (Wildman–Crippen LogP) is 2.55. The number of benzene rings is 1. The number of nitrogens with one attached hydrogen (secondary N) is 1. The molecular weight excluding hydrogens is 282 g/mol. The molecule has 1 aromatic carbocycles. The van der Waals surface area contributed by atoms with Crippen LogP contribution in [0.5, 0.6) is 0 Å². The number of hydrogen-bond acceptors (Lipinski definition) is 4. The van der Waals surface area contributed by atoms with Crippen molar-refractivity contribution in [3.63, 3.8) is 0 Å². The van der Waals surface area contributed by atoms with Gasteiger partial charge in [0.05, 0.1) is 10.7 Å². The molecule has 0 saturated heterocycles. The lowest BCUT2D eigenvalue weighted by molar-refractivity contribution is -0.115. The van der Waals surface area contributed by atoms with Crippen LogP contribution in [0.1, 0.15) is 6.42 Å². The zero-order valence-electron chi connectivity index (χ0n) is 11.3. The van der Waals surface area contributed by atoms with Crippen molar-refractivity contribution in [1.29, 1.82) is 0 Å². The van der Waals surface area contributed by atoms with Crippen LogP contribution in [0.25, 0.3) is 0 Å². The molecule has 6 heteroatoms. The second-order valence-corrected chi connectivity index (χ2v) is 6.08. The first-order valence-corrected chi connectivity index (χ1v) is 7.59. The Balaban J connectivity index is 2.25. The molecule has 0 fully saturated rings. The van der Waals surface area contributed by atoms with E-state index >= 15 is 0 Å². The quantitative estimate of drug-likeness (QED) is 0.600. The fourth-order valence-electron chi connectivity index (χ4n) is 1.36. The molecule has 0 saturated carbocycles. The lowest BCUT2D eigenvalue weighted by atomic mass is 10.2. The Morgan fingerprint density at radius 1 is 1.42 bits per heavy atom. The van der Waals surface area contributed by atoms with Crippen LogP contribution < -0.4 is 11.1 Å². The van der Waals surface area contributed by atoms with Gasteiger partial charge in [0.15, 0.2) is 0 Å². The van der Waals surface area contributed by atoms with Crippen molar-refractivity contribution in [3.8, 4) is 0 Å². The second-order valence-electron chi connectivity index (χ2n) is 4.45. The number of nitrogens with two attached hydrogens (primary N) is 1. The molecule has 0 unspecified atom stereocenters. The molecule has 0 spiro atoms. The first kappa shape index (κ1) is 16.1. The van der Waals surface area contributed by atoms with Gasteiger partial charge in [-0.15, -0.1) is 0 Å². The highest BCUT2D eigenvalue weighted by atomic mass is 35.5. The molecule has 0 bridgehead atoms. The molecule has 1 amide bonds. The van der Waals surface area contributed by atoms with Crippen molar-refractivity contribution in [2.45, 2.75) is 6.42 Å². The van der Waals surface area contributed by atoms with E-state index in [1.807, 2.05) is 14.1 Å². The Morgan fingerprint density at radius 3 is 2.79 bits per heavy atom. The van der Waals surface area contributed by atoms with Crippen molar-refractivity contribution in [3.05, 3.63) is 23.2 Å². The molecule has 0 aliphatic carbocycles. The number of thioether (sulfide) groups is 1. The van der Waals surface area contributed by atoms with Gasteiger partial charge >= 0.3 is 0 Å². The van der Waals surface area contributed by atoms with Gasteiger partial charge in [0.2, 0.25) is 5.91 Å². The molecule has 4 nitrogen and oxygen atoms in total. The molecular formula is C13H20ClN3OS. The van der Waals surface area contributed by atoms with Crippen LogP contribution in [0.3, 0.4) is 0 Å². The van der Waals surface area contributed by atoms with Crippen LogP contribution in [0, 0.1) is 0 Å². The average molecular weight is 302 g/mol. The van der Waals surface area contributed by atoms with Crippen molar-refractivity contribution in [2.75, 3.05) is 43.2 Å². The summed E-state index contributed by atoms with van der Waals surface area (Å²) in [6, 6.07) is 5.09. The summed E-state index contributed by atoms with van der Waals surface area (Å²) in [5.74, 6) is 1.86. The van der Waals surface area contributed by atoms with Crippen LogP contribution in [0.4, 0.5) is 11.4 Å². The van der Waals surface area contributed by atoms with Crippen molar-refractivity contribution in [1.82, 2.24) is 4.90 Å². The number of rotatable bonds is 7. The van der Waals surface area contributed by atoms with Gasteiger partial charge in [0.1, 0.15) is 0 Å². The number of anilines is 2. The van der Waals surface area contributed by atoms with Crippen LogP contribution in [0.15, 0.2) is 18.2 Å². The normalized spacial score (nSPS) is 10.7. The highest BCUT2D eigenvalue weighted by molar-refractivity contribution is 7.99. The molecule has 0 radical (unpaired) electrons. The van der Waals surface area contributed by atoms with E-state index < -0.39 is 0 Å². The summed E-state index contributed by atoms with van der Waals surface area (Å²) in [7, 11) is 4.08. The first-order valence-electron chi connectivity index (χ1n) is 6.06. The molecule has 1 rings (SSSR count). The SMILES string of the molecule is CN(C)CCSCCC(=O)Nc1ccc(Cl)c(N)c1. The zero-order valence-corrected chi connectivity index (χ0v) is 12.9. The predicted molar refractivity (Wildman–Crippen MR) is 85.0 cm³/mol. The molecule has 0 atom stereocenters. The summed E-state index contributed by atoms with van der Waals surface area (Å²) < 4.78 is 0. The summed E-state index contributed by atoms with van der Waals surface area (Å²) in [6.07, 6.45) is 0.501. The Hall–Kier alpha value is -0.910. The third kappa shape index (κ3) is 6.71. The van der Waals surface area contributed by atoms with Crippen LogP contribution in [-0.4, -0.2) is 43.0 Å². The maximum absolute atomic E-state index is 11.7. The van der Waals surface area contributed by atoms with E-state index in [0.717, 1.165) is 18.1 Å². The largest absolute Gasteiger partial charge is 0.397 e. The van der Waals surface area contributed by atoms with Gasteiger partial charge in [-0.3, -0.25) is 4.79 Å². The van der Waals surface area contributed by atoms with Crippen LogP contribution >= 0.6 is 23.4 Å². The minimum Gasteiger partial charge on any atom is -0.397 e. The van der Waals surface area contributed by atoms with E-state index in [1.54, 1.807) is 30.0 Å². The third-order valence-electron chi connectivity index (χ3n) is 2.44. The first-order chi connectivity index (χ1) is 8.99. The van der Waals surface area contributed by atoms with Crippen molar-refractivity contribution < 1.29 is 4.79 Å². The number of amides is 1. The number of carbonyl (C=O) groups excluding carboxylic acids is 1. The summed E-state index contributed by atoms with van der Waals surface area (Å²) in [4.78, 5) is 13.8.